The highest BCUT2D eigenvalue weighted by Gasteiger charge is 2.28. The molecule has 2 aromatic rings. The van der Waals surface area contributed by atoms with Crippen molar-refractivity contribution in [3.63, 3.8) is 0 Å². The Hall–Kier alpha value is -1.84. The monoisotopic (exact) mass is 304 g/mol. The Morgan fingerprint density at radius 3 is 2.32 bits per heavy atom. The largest absolute Gasteiger partial charge is 0.261 e. The molecule has 0 spiro atoms. The first-order valence-corrected chi connectivity index (χ1v) is 7.34. The maximum atomic E-state index is 14.1. The lowest BCUT2D eigenvalue weighted by atomic mass is 9.78. The molecule has 118 valence electrons. The van der Waals surface area contributed by atoms with Crippen molar-refractivity contribution < 1.29 is 8.78 Å². The molecule has 0 aliphatic heterocycles. The highest BCUT2D eigenvalue weighted by atomic mass is 19.1. The third-order valence-corrected chi connectivity index (χ3v) is 3.96. The Labute approximate surface area is 130 Å². The van der Waals surface area contributed by atoms with Crippen LogP contribution in [-0.4, -0.2) is 9.97 Å². The van der Waals surface area contributed by atoms with Gasteiger partial charge in [0.05, 0.1) is 17.6 Å². The number of hydrogen-bond acceptors (Lipinski definition) is 2. The minimum atomic E-state index is -0.645. The molecule has 1 aromatic carbocycles. The van der Waals surface area contributed by atoms with Gasteiger partial charge in [0.15, 0.2) is 0 Å². The van der Waals surface area contributed by atoms with Crippen molar-refractivity contribution >= 4 is 0 Å². The summed E-state index contributed by atoms with van der Waals surface area (Å²) in [4.78, 5) is 8.38. The summed E-state index contributed by atoms with van der Waals surface area (Å²) in [5.41, 5.74) is 1.81. The molecule has 2 rings (SSSR count). The number of nitrogens with zero attached hydrogens (tertiary/aromatic N) is 2. The average molecular weight is 304 g/mol. The van der Waals surface area contributed by atoms with Crippen LogP contribution >= 0.6 is 0 Å². The molecule has 1 aromatic heterocycles. The summed E-state index contributed by atoms with van der Waals surface area (Å²) in [7, 11) is 0. The molecule has 22 heavy (non-hydrogen) atoms. The van der Waals surface area contributed by atoms with Gasteiger partial charge in [-0.05, 0) is 22.6 Å². The van der Waals surface area contributed by atoms with E-state index in [1.54, 1.807) is 12.3 Å². The minimum Gasteiger partial charge on any atom is -0.261 e. The van der Waals surface area contributed by atoms with Gasteiger partial charge in [0.1, 0.15) is 12.5 Å². The fourth-order valence-corrected chi connectivity index (χ4v) is 2.41. The zero-order valence-corrected chi connectivity index (χ0v) is 13.7. The smallest absolute Gasteiger partial charge is 0.133 e. The molecule has 0 saturated heterocycles. The van der Waals surface area contributed by atoms with Crippen molar-refractivity contribution in [2.75, 3.05) is 0 Å². The summed E-state index contributed by atoms with van der Waals surface area (Å²) < 4.78 is 26.9. The quantitative estimate of drug-likeness (QED) is 0.820. The van der Waals surface area contributed by atoms with Crippen molar-refractivity contribution in [3.05, 3.63) is 58.9 Å². The Morgan fingerprint density at radius 1 is 1.05 bits per heavy atom. The van der Waals surface area contributed by atoms with Gasteiger partial charge in [-0.3, -0.25) is 9.97 Å². The van der Waals surface area contributed by atoms with Crippen LogP contribution in [0.5, 0.6) is 0 Å². The first kappa shape index (κ1) is 16.5. The third kappa shape index (κ3) is 3.16. The molecular formula is C18H22F2N2. The highest BCUT2D eigenvalue weighted by molar-refractivity contribution is 5.38. The van der Waals surface area contributed by atoms with Crippen molar-refractivity contribution in [1.29, 1.82) is 0 Å². The molecule has 4 heteroatoms. The van der Waals surface area contributed by atoms with Crippen molar-refractivity contribution in [2.24, 2.45) is 0 Å². The van der Waals surface area contributed by atoms with Gasteiger partial charge in [-0.2, -0.15) is 0 Å². The van der Waals surface area contributed by atoms with Gasteiger partial charge in [-0.1, -0.05) is 46.8 Å². The molecule has 0 radical (unpaired) electrons. The SMILES string of the molecule is CC(C)(C)c1cc(C(C)(C)c2cncc(CF)n2)ccc1F. The lowest BCUT2D eigenvalue weighted by Crippen LogP contribution is -2.23. The van der Waals surface area contributed by atoms with Crippen LogP contribution < -0.4 is 0 Å². The molecule has 0 fully saturated rings. The lowest BCUT2D eigenvalue weighted by molar-refractivity contribution is 0.469. The molecule has 0 unspecified atom stereocenters. The maximum absolute atomic E-state index is 14.1. The summed E-state index contributed by atoms with van der Waals surface area (Å²) in [6.45, 7) is 9.26. The van der Waals surface area contributed by atoms with E-state index in [1.165, 1.54) is 12.3 Å². The van der Waals surface area contributed by atoms with Crippen LogP contribution in [0.2, 0.25) is 0 Å². The molecule has 1 heterocycles. The Kier molecular flexibility index (Phi) is 4.32. The van der Waals surface area contributed by atoms with Gasteiger partial charge in [-0.15, -0.1) is 0 Å². The number of halogens is 2. The van der Waals surface area contributed by atoms with Crippen molar-refractivity contribution in [3.8, 4) is 0 Å². The van der Waals surface area contributed by atoms with E-state index in [0.717, 1.165) is 5.56 Å². The van der Waals surface area contributed by atoms with E-state index >= 15 is 0 Å². The molecular weight excluding hydrogens is 282 g/mol. The van der Waals surface area contributed by atoms with Crippen LogP contribution in [0.1, 0.15) is 57.1 Å². The van der Waals surface area contributed by atoms with E-state index in [-0.39, 0.29) is 11.2 Å². The molecule has 2 nitrogen and oxygen atoms in total. The molecule has 0 N–H and O–H groups in total. The minimum absolute atomic E-state index is 0.212. The van der Waals surface area contributed by atoms with Gasteiger partial charge < -0.3 is 0 Å². The Balaban J connectivity index is 2.53. The lowest BCUT2D eigenvalue weighted by Gasteiger charge is -2.28. The van der Waals surface area contributed by atoms with Crippen molar-refractivity contribution in [2.45, 2.75) is 52.1 Å². The summed E-state index contributed by atoms with van der Waals surface area (Å²) in [5.74, 6) is -0.212. The van der Waals surface area contributed by atoms with E-state index in [9.17, 15) is 8.78 Å². The molecule has 0 atom stereocenters. The van der Waals surface area contributed by atoms with E-state index in [4.69, 9.17) is 0 Å². The summed E-state index contributed by atoms with van der Waals surface area (Å²) in [5, 5.41) is 0. The molecule has 0 aliphatic rings. The second kappa shape index (κ2) is 5.75. The topological polar surface area (TPSA) is 25.8 Å². The predicted molar refractivity (Wildman–Crippen MR) is 84.1 cm³/mol. The summed E-state index contributed by atoms with van der Waals surface area (Å²) in [6.07, 6.45) is 3.06. The van der Waals surface area contributed by atoms with Crippen molar-refractivity contribution in [1.82, 2.24) is 9.97 Å². The summed E-state index contributed by atoms with van der Waals surface area (Å²) in [6, 6.07) is 5.12. The highest BCUT2D eigenvalue weighted by Crippen LogP contribution is 2.34. The number of aromatic nitrogens is 2. The van der Waals surface area contributed by atoms with Gasteiger partial charge in [0.25, 0.3) is 0 Å². The van der Waals surface area contributed by atoms with Crippen LogP contribution in [0.3, 0.4) is 0 Å². The van der Waals surface area contributed by atoms with Gasteiger partial charge >= 0.3 is 0 Å². The first-order chi connectivity index (χ1) is 10.2. The van der Waals surface area contributed by atoms with Crippen LogP contribution in [-0.2, 0) is 17.5 Å². The van der Waals surface area contributed by atoms with Gasteiger partial charge in [0.2, 0.25) is 0 Å². The molecule has 0 bridgehead atoms. The van der Waals surface area contributed by atoms with E-state index in [2.05, 4.69) is 9.97 Å². The third-order valence-electron chi connectivity index (χ3n) is 3.96. The van der Waals surface area contributed by atoms with E-state index in [0.29, 0.717) is 17.0 Å². The fourth-order valence-electron chi connectivity index (χ4n) is 2.41. The fraction of sp³-hybridized carbons (Fsp3) is 0.444. The molecule has 0 amide bonds. The van der Waals surface area contributed by atoms with Crippen LogP contribution in [0.15, 0.2) is 30.6 Å². The number of benzene rings is 1. The maximum Gasteiger partial charge on any atom is 0.133 e. The zero-order chi connectivity index (χ0) is 16.5. The van der Waals surface area contributed by atoms with Gasteiger partial charge in [0, 0.05) is 11.6 Å². The van der Waals surface area contributed by atoms with Crippen LogP contribution in [0.4, 0.5) is 8.78 Å². The first-order valence-electron chi connectivity index (χ1n) is 7.34. The summed E-state index contributed by atoms with van der Waals surface area (Å²) >= 11 is 0. The number of rotatable bonds is 3. The number of alkyl halides is 1. The zero-order valence-electron chi connectivity index (χ0n) is 13.7. The Morgan fingerprint density at radius 2 is 1.73 bits per heavy atom. The molecule has 0 aliphatic carbocycles. The normalized spacial score (nSPS) is 12.5. The molecule has 0 saturated carbocycles. The van der Waals surface area contributed by atoms with Gasteiger partial charge in [-0.25, -0.2) is 8.78 Å². The standard InChI is InChI=1S/C18H22F2N2/c1-17(2,3)14-8-12(6-7-15(14)20)18(4,5)16-11-21-10-13(9-19)22-16/h6-8,10-11H,9H2,1-5H3. The van der Waals surface area contributed by atoms with Crippen LogP contribution in [0, 0.1) is 5.82 Å². The van der Waals surface area contributed by atoms with E-state index < -0.39 is 12.1 Å². The second-order valence-electron chi connectivity index (χ2n) is 7.10. The predicted octanol–water partition coefficient (Wildman–Crippen LogP) is 4.71. The average Bonchev–Trinajstić information content (AvgIpc) is 2.46. The number of hydrogen-bond donors (Lipinski definition) is 0. The second-order valence-corrected chi connectivity index (χ2v) is 7.10. The van der Waals surface area contributed by atoms with Crippen LogP contribution in [0.25, 0.3) is 0 Å². The Bertz CT molecular complexity index is 673. The van der Waals surface area contributed by atoms with E-state index in [1.807, 2.05) is 40.7 Å².